The average Bonchev–Trinajstić information content (AvgIpc) is 2.37. The van der Waals surface area contributed by atoms with Crippen LogP contribution >= 0.6 is 0 Å². The van der Waals surface area contributed by atoms with Crippen LogP contribution in [-0.4, -0.2) is 33.1 Å². The third-order valence-electron chi connectivity index (χ3n) is 2.36. The van der Waals surface area contributed by atoms with Crippen LogP contribution in [-0.2, 0) is 0 Å². The molecule has 0 fully saturated rings. The molecule has 0 aliphatic carbocycles. The van der Waals surface area contributed by atoms with Crippen molar-refractivity contribution in [2.75, 3.05) is 17.7 Å². The summed E-state index contributed by atoms with van der Waals surface area (Å²) in [4.78, 5) is 20.2. The smallest absolute Gasteiger partial charge is 0.278 e. The zero-order valence-corrected chi connectivity index (χ0v) is 10.9. The standard InChI is InChI=1S/C12H14N6O/c1-7-6-8(2)15-12(14-7)16-11(19)9-4-5-10(13-3)18-17-9/h4-6H,1-3H3,(H,13,18)(H,14,15,16,19). The third kappa shape index (κ3) is 3.21. The molecule has 0 bridgehead atoms. The number of aromatic nitrogens is 4. The van der Waals surface area contributed by atoms with E-state index >= 15 is 0 Å². The molecule has 2 aromatic rings. The number of anilines is 2. The SMILES string of the molecule is CNc1ccc(C(=O)Nc2nc(C)cc(C)n2)nn1. The molecule has 0 aliphatic heterocycles. The zero-order chi connectivity index (χ0) is 13.8. The Morgan fingerprint density at radius 1 is 1.11 bits per heavy atom. The van der Waals surface area contributed by atoms with Gasteiger partial charge in [0.25, 0.3) is 5.91 Å². The average molecular weight is 258 g/mol. The van der Waals surface area contributed by atoms with Crippen LogP contribution in [0.15, 0.2) is 18.2 Å². The molecule has 0 saturated carbocycles. The van der Waals surface area contributed by atoms with Gasteiger partial charge in [0, 0.05) is 18.4 Å². The molecular weight excluding hydrogens is 244 g/mol. The maximum atomic E-state index is 11.9. The van der Waals surface area contributed by atoms with Gasteiger partial charge in [0.05, 0.1) is 0 Å². The fraction of sp³-hybridized carbons (Fsp3) is 0.250. The second-order valence-electron chi connectivity index (χ2n) is 3.98. The molecule has 98 valence electrons. The Kier molecular flexibility index (Phi) is 3.65. The molecule has 2 aromatic heterocycles. The molecule has 0 saturated heterocycles. The predicted molar refractivity (Wildman–Crippen MR) is 71.0 cm³/mol. The maximum absolute atomic E-state index is 11.9. The molecule has 0 atom stereocenters. The normalized spacial score (nSPS) is 10.1. The van der Waals surface area contributed by atoms with Crippen LogP contribution in [0.4, 0.5) is 11.8 Å². The van der Waals surface area contributed by atoms with Crippen molar-refractivity contribution in [1.82, 2.24) is 20.2 Å². The molecule has 2 rings (SSSR count). The lowest BCUT2D eigenvalue weighted by Gasteiger charge is -2.05. The number of hydrogen-bond donors (Lipinski definition) is 2. The molecule has 7 nitrogen and oxygen atoms in total. The summed E-state index contributed by atoms with van der Waals surface area (Å²) in [5.41, 5.74) is 1.79. The van der Waals surface area contributed by atoms with E-state index in [4.69, 9.17) is 0 Å². The van der Waals surface area contributed by atoms with Gasteiger partial charge in [-0.1, -0.05) is 0 Å². The van der Waals surface area contributed by atoms with E-state index < -0.39 is 0 Å². The lowest BCUT2D eigenvalue weighted by Crippen LogP contribution is -2.17. The van der Waals surface area contributed by atoms with E-state index in [-0.39, 0.29) is 17.5 Å². The second kappa shape index (κ2) is 5.38. The van der Waals surface area contributed by atoms with Crippen molar-refractivity contribution in [3.63, 3.8) is 0 Å². The lowest BCUT2D eigenvalue weighted by atomic mass is 10.3. The van der Waals surface area contributed by atoms with Gasteiger partial charge in [-0.15, -0.1) is 10.2 Å². The number of nitrogens with one attached hydrogen (secondary N) is 2. The molecule has 2 heterocycles. The van der Waals surface area contributed by atoms with Crippen LogP contribution in [0, 0.1) is 13.8 Å². The molecule has 2 N–H and O–H groups in total. The predicted octanol–water partition coefficient (Wildman–Crippen LogP) is 1.18. The topological polar surface area (TPSA) is 92.7 Å². The van der Waals surface area contributed by atoms with E-state index in [1.54, 1.807) is 19.2 Å². The summed E-state index contributed by atoms with van der Waals surface area (Å²) in [5, 5.41) is 13.1. The van der Waals surface area contributed by atoms with Gasteiger partial charge in [0.2, 0.25) is 5.95 Å². The molecule has 0 aromatic carbocycles. The first-order valence-electron chi connectivity index (χ1n) is 5.73. The molecule has 0 spiro atoms. The Morgan fingerprint density at radius 2 is 1.79 bits per heavy atom. The maximum Gasteiger partial charge on any atom is 0.278 e. The first-order chi connectivity index (χ1) is 9.08. The Hall–Kier alpha value is -2.57. The number of carbonyl (C=O) groups excluding carboxylic acids is 1. The van der Waals surface area contributed by atoms with Crippen LogP contribution < -0.4 is 10.6 Å². The quantitative estimate of drug-likeness (QED) is 0.858. The van der Waals surface area contributed by atoms with Gasteiger partial charge in [0.15, 0.2) is 5.69 Å². The Morgan fingerprint density at radius 3 is 2.32 bits per heavy atom. The van der Waals surface area contributed by atoms with Crippen LogP contribution in [0.1, 0.15) is 21.9 Å². The van der Waals surface area contributed by atoms with Crippen molar-refractivity contribution in [3.8, 4) is 0 Å². The lowest BCUT2D eigenvalue weighted by molar-refractivity contribution is 0.102. The monoisotopic (exact) mass is 258 g/mol. The van der Waals surface area contributed by atoms with E-state index in [1.165, 1.54) is 0 Å². The minimum absolute atomic E-state index is 0.210. The van der Waals surface area contributed by atoms with Gasteiger partial charge in [0.1, 0.15) is 5.82 Å². The van der Waals surface area contributed by atoms with Crippen molar-refractivity contribution in [3.05, 3.63) is 35.3 Å². The number of amides is 1. The highest BCUT2D eigenvalue weighted by atomic mass is 16.2. The van der Waals surface area contributed by atoms with Crippen molar-refractivity contribution in [1.29, 1.82) is 0 Å². The minimum atomic E-state index is -0.389. The molecule has 19 heavy (non-hydrogen) atoms. The first kappa shape index (κ1) is 12.9. The van der Waals surface area contributed by atoms with Crippen LogP contribution in [0.5, 0.6) is 0 Å². The van der Waals surface area contributed by atoms with E-state index in [0.29, 0.717) is 5.82 Å². The summed E-state index contributed by atoms with van der Waals surface area (Å²) < 4.78 is 0. The fourth-order valence-electron chi connectivity index (χ4n) is 1.53. The van der Waals surface area contributed by atoms with Crippen molar-refractivity contribution < 1.29 is 4.79 Å². The molecule has 7 heteroatoms. The van der Waals surface area contributed by atoms with Gasteiger partial charge >= 0.3 is 0 Å². The molecule has 0 radical (unpaired) electrons. The molecule has 1 amide bonds. The summed E-state index contributed by atoms with van der Waals surface area (Å²) in [6.07, 6.45) is 0. The van der Waals surface area contributed by atoms with Crippen molar-refractivity contribution >= 4 is 17.7 Å². The van der Waals surface area contributed by atoms with Gasteiger partial charge in [-0.25, -0.2) is 9.97 Å². The summed E-state index contributed by atoms with van der Waals surface area (Å²) in [6, 6.07) is 5.08. The molecular formula is C12H14N6O. The molecule has 0 unspecified atom stereocenters. The third-order valence-corrected chi connectivity index (χ3v) is 2.36. The summed E-state index contributed by atoms with van der Waals surface area (Å²) in [6.45, 7) is 3.68. The van der Waals surface area contributed by atoms with Crippen LogP contribution in [0.2, 0.25) is 0 Å². The van der Waals surface area contributed by atoms with E-state index in [9.17, 15) is 4.79 Å². The fourth-order valence-corrected chi connectivity index (χ4v) is 1.53. The highest BCUT2D eigenvalue weighted by molar-refractivity contribution is 6.01. The number of carbonyl (C=O) groups is 1. The first-order valence-corrected chi connectivity index (χ1v) is 5.73. The van der Waals surface area contributed by atoms with Gasteiger partial charge in [-0.3, -0.25) is 10.1 Å². The zero-order valence-electron chi connectivity index (χ0n) is 10.9. The Balaban J connectivity index is 2.15. The van der Waals surface area contributed by atoms with E-state index in [0.717, 1.165) is 11.4 Å². The van der Waals surface area contributed by atoms with Gasteiger partial charge < -0.3 is 5.32 Å². The second-order valence-corrected chi connectivity index (χ2v) is 3.98. The van der Waals surface area contributed by atoms with E-state index in [1.807, 2.05) is 19.9 Å². The van der Waals surface area contributed by atoms with Crippen molar-refractivity contribution in [2.45, 2.75) is 13.8 Å². The van der Waals surface area contributed by atoms with Gasteiger partial charge in [-0.05, 0) is 32.0 Å². The number of hydrogen-bond acceptors (Lipinski definition) is 6. The summed E-state index contributed by atoms with van der Waals surface area (Å²) >= 11 is 0. The van der Waals surface area contributed by atoms with E-state index in [2.05, 4.69) is 30.8 Å². The number of aryl methyl sites for hydroxylation is 2. The summed E-state index contributed by atoms with van der Waals surface area (Å²) in [7, 11) is 1.73. The number of nitrogens with zero attached hydrogens (tertiary/aromatic N) is 4. The highest BCUT2D eigenvalue weighted by Gasteiger charge is 2.10. The molecule has 0 aliphatic rings. The highest BCUT2D eigenvalue weighted by Crippen LogP contribution is 2.06. The van der Waals surface area contributed by atoms with Crippen molar-refractivity contribution in [2.24, 2.45) is 0 Å². The number of rotatable bonds is 3. The Bertz CT molecular complexity index is 575. The minimum Gasteiger partial charge on any atom is -0.372 e. The summed E-state index contributed by atoms with van der Waals surface area (Å²) in [5.74, 6) is 0.473. The van der Waals surface area contributed by atoms with Gasteiger partial charge in [-0.2, -0.15) is 0 Å². The Labute approximate surface area is 110 Å². The van der Waals surface area contributed by atoms with Crippen LogP contribution in [0.3, 0.4) is 0 Å². The largest absolute Gasteiger partial charge is 0.372 e. The van der Waals surface area contributed by atoms with Crippen LogP contribution in [0.25, 0.3) is 0 Å².